The molecule has 2 aromatic rings. The Bertz CT molecular complexity index is 620. The molecule has 0 saturated heterocycles. The summed E-state index contributed by atoms with van der Waals surface area (Å²) < 4.78 is 6.76. The number of carbonyl (C=O) groups is 2. The molecule has 5 nitrogen and oxygen atoms in total. The minimum Gasteiger partial charge on any atom is -0.462 e. The molecule has 110 valence electrons. The molecule has 1 heterocycles. The number of ether oxygens (including phenoxy) is 1. The number of benzene rings is 1. The third kappa shape index (κ3) is 3.18. The van der Waals surface area contributed by atoms with Gasteiger partial charge in [-0.1, -0.05) is 25.1 Å². The lowest BCUT2D eigenvalue weighted by Gasteiger charge is -2.14. The molecule has 5 heteroatoms. The highest BCUT2D eigenvalue weighted by Crippen LogP contribution is 2.25. The number of aldehydes is 1. The Kier molecular flexibility index (Phi) is 4.87. The first-order valence-electron chi connectivity index (χ1n) is 6.93. The van der Waals surface area contributed by atoms with E-state index in [0.717, 1.165) is 12.0 Å². The molecule has 1 aromatic heterocycles. The van der Waals surface area contributed by atoms with Gasteiger partial charge in [-0.2, -0.15) is 5.10 Å². The second-order valence-electron chi connectivity index (χ2n) is 4.71. The van der Waals surface area contributed by atoms with E-state index in [4.69, 9.17) is 4.74 Å². The van der Waals surface area contributed by atoms with Gasteiger partial charge in [-0.3, -0.25) is 0 Å². The highest BCUT2D eigenvalue weighted by Gasteiger charge is 2.23. The fourth-order valence-electron chi connectivity index (χ4n) is 2.23. The zero-order valence-electron chi connectivity index (χ0n) is 12.2. The van der Waals surface area contributed by atoms with E-state index in [9.17, 15) is 9.59 Å². The van der Waals surface area contributed by atoms with Crippen molar-refractivity contribution in [3.8, 4) is 5.69 Å². The average Bonchev–Trinajstić information content (AvgIpc) is 2.93. The Hall–Kier alpha value is -2.43. The molecule has 0 aliphatic carbocycles. The minimum absolute atomic E-state index is 0.121. The van der Waals surface area contributed by atoms with Crippen molar-refractivity contribution in [3.63, 3.8) is 0 Å². The zero-order valence-corrected chi connectivity index (χ0v) is 12.2. The summed E-state index contributed by atoms with van der Waals surface area (Å²) in [5, 5.41) is 4.29. The van der Waals surface area contributed by atoms with Crippen LogP contribution in [0.1, 0.15) is 42.2 Å². The quantitative estimate of drug-likeness (QED) is 0.605. The smallest absolute Gasteiger partial charge is 0.341 e. The lowest BCUT2D eigenvalue weighted by molar-refractivity contribution is -0.108. The van der Waals surface area contributed by atoms with Gasteiger partial charge in [0.2, 0.25) is 0 Å². The molecule has 1 atom stereocenters. The van der Waals surface area contributed by atoms with Crippen LogP contribution in [0.2, 0.25) is 0 Å². The van der Waals surface area contributed by atoms with Crippen molar-refractivity contribution in [1.29, 1.82) is 0 Å². The normalized spacial score (nSPS) is 11.9. The van der Waals surface area contributed by atoms with Gasteiger partial charge in [0.1, 0.15) is 11.8 Å². The van der Waals surface area contributed by atoms with Gasteiger partial charge in [0.15, 0.2) is 0 Å². The lowest BCUT2D eigenvalue weighted by Crippen LogP contribution is -2.12. The van der Waals surface area contributed by atoms with Gasteiger partial charge >= 0.3 is 5.97 Å². The van der Waals surface area contributed by atoms with E-state index in [2.05, 4.69) is 5.10 Å². The summed E-state index contributed by atoms with van der Waals surface area (Å²) in [6, 6.07) is 9.51. The van der Waals surface area contributed by atoms with Crippen molar-refractivity contribution in [2.75, 3.05) is 6.61 Å². The van der Waals surface area contributed by atoms with E-state index < -0.39 is 5.97 Å². The predicted octanol–water partition coefficient (Wildman–Crippen LogP) is 2.74. The van der Waals surface area contributed by atoms with E-state index >= 15 is 0 Å². The van der Waals surface area contributed by atoms with Crippen LogP contribution in [0.4, 0.5) is 0 Å². The molecule has 0 amide bonds. The fourth-order valence-corrected chi connectivity index (χ4v) is 2.23. The largest absolute Gasteiger partial charge is 0.462 e. The van der Waals surface area contributed by atoms with Gasteiger partial charge in [-0.25, -0.2) is 9.48 Å². The van der Waals surface area contributed by atoms with E-state index in [-0.39, 0.29) is 5.92 Å². The van der Waals surface area contributed by atoms with Crippen molar-refractivity contribution < 1.29 is 14.3 Å². The lowest BCUT2D eigenvalue weighted by atomic mass is 10.0. The van der Waals surface area contributed by atoms with Crippen LogP contribution < -0.4 is 0 Å². The molecule has 0 radical (unpaired) electrons. The highest BCUT2D eigenvalue weighted by molar-refractivity contribution is 5.91. The average molecular weight is 286 g/mol. The molecule has 0 N–H and O–H groups in total. The van der Waals surface area contributed by atoms with Crippen LogP contribution in [-0.2, 0) is 9.53 Å². The van der Waals surface area contributed by atoms with Gasteiger partial charge in [0, 0.05) is 12.3 Å². The topological polar surface area (TPSA) is 61.2 Å². The zero-order chi connectivity index (χ0) is 15.2. The number of nitrogens with zero attached hydrogens (tertiary/aromatic N) is 2. The number of hydrogen-bond donors (Lipinski definition) is 0. The van der Waals surface area contributed by atoms with Gasteiger partial charge in [0.05, 0.1) is 24.2 Å². The van der Waals surface area contributed by atoms with Gasteiger partial charge in [-0.05, 0) is 19.1 Å². The molecule has 1 aromatic carbocycles. The van der Waals surface area contributed by atoms with E-state index in [1.807, 2.05) is 37.3 Å². The van der Waals surface area contributed by atoms with Crippen molar-refractivity contribution in [1.82, 2.24) is 9.78 Å². The van der Waals surface area contributed by atoms with Gasteiger partial charge in [0.25, 0.3) is 0 Å². The summed E-state index contributed by atoms with van der Waals surface area (Å²) in [6.07, 6.45) is 2.68. The third-order valence-corrected chi connectivity index (χ3v) is 3.22. The first-order valence-corrected chi connectivity index (χ1v) is 6.93. The summed E-state index contributed by atoms with van der Waals surface area (Å²) >= 11 is 0. The second-order valence-corrected chi connectivity index (χ2v) is 4.71. The molecule has 0 saturated carbocycles. The number of para-hydroxylation sites is 1. The molecule has 0 bridgehead atoms. The number of carbonyl (C=O) groups excluding carboxylic acids is 2. The molecular weight excluding hydrogens is 268 g/mol. The summed E-state index contributed by atoms with van der Waals surface area (Å²) in [5.41, 5.74) is 1.96. The van der Waals surface area contributed by atoms with Crippen LogP contribution in [-0.4, -0.2) is 28.6 Å². The van der Waals surface area contributed by atoms with E-state index in [1.54, 1.807) is 11.6 Å². The van der Waals surface area contributed by atoms with Crippen molar-refractivity contribution in [3.05, 3.63) is 47.8 Å². The Morgan fingerprint density at radius 1 is 1.38 bits per heavy atom. The van der Waals surface area contributed by atoms with Crippen LogP contribution in [0, 0.1) is 0 Å². The third-order valence-electron chi connectivity index (χ3n) is 3.22. The maximum atomic E-state index is 12.1. The summed E-state index contributed by atoms with van der Waals surface area (Å²) in [7, 11) is 0. The number of esters is 1. The van der Waals surface area contributed by atoms with Crippen LogP contribution in [0.25, 0.3) is 5.69 Å². The molecule has 21 heavy (non-hydrogen) atoms. The second kappa shape index (κ2) is 6.83. The van der Waals surface area contributed by atoms with Crippen molar-refractivity contribution in [2.45, 2.75) is 26.2 Å². The van der Waals surface area contributed by atoms with Crippen LogP contribution in [0.3, 0.4) is 0 Å². The van der Waals surface area contributed by atoms with Crippen molar-refractivity contribution >= 4 is 12.3 Å². The van der Waals surface area contributed by atoms with Crippen LogP contribution in [0.5, 0.6) is 0 Å². The van der Waals surface area contributed by atoms with Crippen LogP contribution >= 0.6 is 0 Å². The summed E-state index contributed by atoms with van der Waals surface area (Å²) in [6.45, 7) is 3.96. The SMILES string of the molecule is CCOC(=O)c1cnn(-c2ccccc2)c1C(C)CC=O. The monoisotopic (exact) mass is 286 g/mol. The summed E-state index contributed by atoms with van der Waals surface area (Å²) in [4.78, 5) is 22.9. The Morgan fingerprint density at radius 3 is 2.71 bits per heavy atom. The van der Waals surface area contributed by atoms with Crippen LogP contribution in [0.15, 0.2) is 36.5 Å². The molecule has 1 unspecified atom stereocenters. The van der Waals surface area contributed by atoms with E-state index in [0.29, 0.717) is 24.3 Å². The Morgan fingerprint density at radius 2 is 2.10 bits per heavy atom. The van der Waals surface area contributed by atoms with Gasteiger partial charge in [-0.15, -0.1) is 0 Å². The molecule has 2 rings (SSSR count). The molecule has 0 aliphatic heterocycles. The maximum Gasteiger partial charge on any atom is 0.341 e. The first kappa shape index (κ1) is 15.0. The minimum atomic E-state index is -0.410. The molecule has 0 spiro atoms. The summed E-state index contributed by atoms with van der Waals surface area (Å²) in [5.74, 6) is -0.531. The maximum absolute atomic E-state index is 12.1. The number of aromatic nitrogens is 2. The molecule has 0 fully saturated rings. The number of hydrogen-bond acceptors (Lipinski definition) is 4. The standard InChI is InChI=1S/C16H18N2O3/c1-3-21-16(20)14-11-17-18(13-7-5-4-6-8-13)15(14)12(2)9-10-19/h4-8,10-12H,3,9H2,1-2H3. The fraction of sp³-hybridized carbons (Fsp3) is 0.312. The molecular formula is C16H18N2O3. The Balaban J connectivity index is 2.51. The van der Waals surface area contributed by atoms with E-state index in [1.165, 1.54) is 6.20 Å². The number of rotatable bonds is 6. The Labute approximate surface area is 123 Å². The molecule has 0 aliphatic rings. The van der Waals surface area contributed by atoms with Crippen molar-refractivity contribution in [2.24, 2.45) is 0 Å². The van der Waals surface area contributed by atoms with Gasteiger partial charge < -0.3 is 9.53 Å². The highest BCUT2D eigenvalue weighted by atomic mass is 16.5. The predicted molar refractivity (Wildman–Crippen MR) is 78.6 cm³/mol. The first-order chi connectivity index (χ1) is 10.2.